The molecule has 0 aliphatic carbocycles. The highest BCUT2D eigenvalue weighted by Gasteiger charge is 2.15. The van der Waals surface area contributed by atoms with Gasteiger partial charge in [0.05, 0.1) is 15.5 Å². The Balaban J connectivity index is 2.36. The number of nitrogens with zero attached hydrogens (tertiary/aromatic N) is 1. The minimum atomic E-state index is -3.70. The molecule has 0 atom stereocenters. The van der Waals surface area contributed by atoms with E-state index in [-0.39, 0.29) is 15.5 Å². The molecule has 2 rings (SSSR count). The van der Waals surface area contributed by atoms with Gasteiger partial charge in [-0.05, 0) is 30.3 Å². The number of nitrogens with one attached hydrogen (secondary N) is 1. The molecule has 0 spiro atoms. The zero-order valence-electron chi connectivity index (χ0n) is 9.67. The SMILES string of the molecule is N#Cc1ccc(S(=O)(=O)Nc2ccccc2)cc1Cl. The van der Waals surface area contributed by atoms with E-state index in [1.54, 1.807) is 30.3 Å². The minimum absolute atomic E-state index is 0.0142. The molecule has 2 aromatic carbocycles. The number of hydrogen-bond donors (Lipinski definition) is 1. The van der Waals surface area contributed by atoms with Gasteiger partial charge in [-0.1, -0.05) is 29.8 Å². The molecule has 0 heterocycles. The molecule has 0 bridgehead atoms. The maximum absolute atomic E-state index is 12.1. The number of benzene rings is 2. The van der Waals surface area contributed by atoms with Crippen LogP contribution in [0.1, 0.15) is 5.56 Å². The van der Waals surface area contributed by atoms with Gasteiger partial charge in [-0.3, -0.25) is 4.72 Å². The number of anilines is 1. The van der Waals surface area contributed by atoms with Crippen LogP contribution in [0.2, 0.25) is 5.02 Å². The normalized spacial score (nSPS) is 10.7. The molecule has 0 saturated carbocycles. The first kappa shape index (κ1) is 13.4. The largest absolute Gasteiger partial charge is 0.280 e. The van der Waals surface area contributed by atoms with E-state index in [1.165, 1.54) is 18.2 Å². The molecule has 0 saturated heterocycles. The summed E-state index contributed by atoms with van der Waals surface area (Å²) >= 11 is 5.82. The maximum atomic E-state index is 12.1. The molecule has 96 valence electrons. The first-order valence-electron chi connectivity index (χ1n) is 5.30. The summed E-state index contributed by atoms with van der Waals surface area (Å²) in [6.07, 6.45) is 0. The summed E-state index contributed by atoms with van der Waals surface area (Å²) in [5.41, 5.74) is 0.698. The standard InChI is InChI=1S/C13H9ClN2O2S/c14-13-8-12(7-6-10(13)9-15)19(17,18)16-11-4-2-1-3-5-11/h1-8,16H. The highest BCUT2D eigenvalue weighted by atomic mass is 35.5. The van der Waals surface area contributed by atoms with Gasteiger partial charge in [0.25, 0.3) is 10.0 Å². The van der Waals surface area contributed by atoms with Gasteiger partial charge in [-0.2, -0.15) is 5.26 Å². The van der Waals surface area contributed by atoms with Crippen molar-refractivity contribution < 1.29 is 8.42 Å². The summed E-state index contributed by atoms with van der Waals surface area (Å²) in [7, 11) is -3.70. The Bertz CT molecular complexity index is 737. The van der Waals surface area contributed by atoms with Gasteiger partial charge in [0, 0.05) is 5.69 Å². The Morgan fingerprint density at radius 2 is 1.79 bits per heavy atom. The summed E-state index contributed by atoms with van der Waals surface area (Å²) in [4.78, 5) is 0.0142. The average Bonchev–Trinajstić information content (AvgIpc) is 2.39. The molecule has 0 radical (unpaired) electrons. The molecule has 0 aliphatic heterocycles. The molecule has 19 heavy (non-hydrogen) atoms. The highest BCUT2D eigenvalue weighted by molar-refractivity contribution is 7.92. The second kappa shape index (κ2) is 5.31. The van der Waals surface area contributed by atoms with Crippen LogP contribution >= 0.6 is 11.6 Å². The van der Waals surface area contributed by atoms with Crippen molar-refractivity contribution in [1.29, 1.82) is 5.26 Å². The Kier molecular flexibility index (Phi) is 3.74. The molecule has 0 fully saturated rings. The number of nitriles is 1. The molecule has 2 aromatic rings. The third-order valence-electron chi connectivity index (χ3n) is 2.40. The lowest BCUT2D eigenvalue weighted by molar-refractivity contribution is 0.601. The zero-order chi connectivity index (χ0) is 13.9. The number of hydrogen-bond acceptors (Lipinski definition) is 3. The van der Waals surface area contributed by atoms with Crippen LogP contribution in [0.5, 0.6) is 0 Å². The van der Waals surface area contributed by atoms with Gasteiger partial charge >= 0.3 is 0 Å². The van der Waals surface area contributed by atoms with E-state index in [2.05, 4.69) is 4.72 Å². The van der Waals surface area contributed by atoms with Gasteiger partial charge < -0.3 is 0 Å². The van der Waals surface area contributed by atoms with Gasteiger partial charge in [-0.25, -0.2) is 8.42 Å². The topological polar surface area (TPSA) is 70.0 Å². The third kappa shape index (κ3) is 3.05. The number of para-hydroxylation sites is 1. The quantitative estimate of drug-likeness (QED) is 0.945. The van der Waals surface area contributed by atoms with Gasteiger partial charge in [0.15, 0.2) is 0 Å². The van der Waals surface area contributed by atoms with E-state index in [1.807, 2.05) is 6.07 Å². The lowest BCUT2D eigenvalue weighted by Crippen LogP contribution is -2.12. The predicted molar refractivity (Wildman–Crippen MR) is 73.4 cm³/mol. The van der Waals surface area contributed by atoms with Crippen molar-refractivity contribution in [1.82, 2.24) is 0 Å². The van der Waals surface area contributed by atoms with Crippen molar-refractivity contribution in [2.24, 2.45) is 0 Å². The number of sulfonamides is 1. The summed E-state index contributed by atoms with van der Waals surface area (Å²) in [6.45, 7) is 0. The lowest BCUT2D eigenvalue weighted by Gasteiger charge is -2.08. The van der Waals surface area contributed by atoms with Crippen molar-refractivity contribution >= 4 is 27.3 Å². The van der Waals surface area contributed by atoms with Crippen molar-refractivity contribution in [2.45, 2.75) is 4.90 Å². The Labute approximate surface area is 116 Å². The second-order valence-corrected chi connectivity index (χ2v) is 5.81. The van der Waals surface area contributed by atoms with E-state index < -0.39 is 10.0 Å². The van der Waals surface area contributed by atoms with Crippen molar-refractivity contribution in [3.8, 4) is 6.07 Å². The van der Waals surface area contributed by atoms with Crippen LogP contribution in [0.3, 0.4) is 0 Å². The summed E-state index contributed by atoms with van der Waals surface area (Å²) in [6, 6.07) is 14.4. The first-order chi connectivity index (χ1) is 9.03. The molecule has 0 amide bonds. The molecular weight excluding hydrogens is 284 g/mol. The van der Waals surface area contributed by atoms with Crippen LogP contribution in [0.4, 0.5) is 5.69 Å². The third-order valence-corrected chi connectivity index (χ3v) is 4.09. The van der Waals surface area contributed by atoms with Gasteiger partial charge in [0.2, 0.25) is 0 Å². The first-order valence-corrected chi connectivity index (χ1v) is 7.16. The fraction of sp³-hybridized carbons (Fsp3) is 0. The molecule has 0 unspecified atom stereocenters. The van der Waals surface area contributed by atoms with Gasteiger partial charge in [-0.15, -0.1) is 0 Å². The van der Waals surface area contributed by atoms with Crippen LogP contribution in [0.15, 0.2) is 53.4 Å². The fourth-order valence-corrected chi connectivity index (χ4v) is 2.85. The van der Waals surface area contributed by atoms with Crippen molar-refractivity contribution in [3.63, 3.8) is 0 Å². The Morgan fingerprint density at radius 3 is 2.37 bits per heavy atom. The van der Waals surface area contributed by atoms with E-state index >= 15 is 0 Å². The molecular formula is C13H9ClN2O2S. The summed E-state index contributed by atoms with van der Waals surface area (Å²) < 4.78 is 26.6. The Morgan fingerprint density at radius 1 is 1.11 bits per heavy atom. The number of halogens is 1. The molecule has 6 heteroatoms. The summed E-state index contributed by atoms with van der Waals surface area (Å²) in [5.74, 6) is 0. The van der Waals surface area contributed by atoms with Crippen LogP contribution < -0.4 is 4.72 Å². The van der Waals surface area contributed by atoms with Crippen molar-refractivity contribution in [2.75, 3.05) is 4.72 Å². The van der Waals surface area contributed by atoms with Crippen molar-refractivity contribution in [3.05, 3.63) is 59.1 Å². The highest BCUT2D eigenvalue weighted by Crippen LogP contribution is 2.22. The summed E-state index contributed by atoms with van der Waals surface area (Å²) in [5, 5.41) is 8.86. The average molecular weight is 293 g/mol. The molecule has 0 aromatic heterocycles. The molecule has 4 nitrogen and oxygen atoms in total. The van der Waals surface area contributed by atoms with Crippen LogP contribution in [0.25, 0.3) is 0 Å². The smallest absolute Gasteiger partial charge is 0.261 e. The van der Waals surface area contributed by atoms with E-state index in [0.29, 0.717) is 5.69 Å². The molecule has 0 aliphatic rings. The second-order valence-electron chi connectivity index (χ2n) is 3.72. The number of rotatable bonds is 3. The Hall–Kier alpha value is -2.03. The zero-order valence-corrected chi connectivity index (χ0v) is 11.2. The van der Waals surface area contributed by atoms with Crippen LogP contribution in [0, 0.1) is 11.3 Å². The van der Waals surface area contributed by atoms with E-state index in [9.17, 15) is 8.42 Å². The molecule has 1 N–H and O–H groups in total. The lowest BCUT2D eigenvalue weighted by atomic mass is 10.2. The minimum Gasteiger partial charge on any atom is -0.280 e. The fourth-order valence-electron chi connectivity index (χ4n) is 1.47. The van der Waals surface area contributed by atoms with Crippen LogP contribution in [-0.4, -0.2) is 8.42 Å². The van der Waals surface area contributed by atoms with E-state index in [4.69, 9.17) is 16.9 Å². The van der Waals surface area contributed by atoms with Gasteiger partial charge in [0.1, 0.15) is 6.07 Å². The van der Waals surface area contributed by atoms with E-state index in [0.717, 1.165) is 0 Å². The van der Waals surface area contributed by atoms with Crippen LogP contribution in [-0.2, 0) is 10.0 Å². The monoisotopic (exact) mass is 292 g/mol. The maximum Gasteiger partial charge on any atom is 0.261 e. The predicted octanol–water partition coefficient (Wildman–Crippen LogP) is 3.01.